The number of halogens is 3. The number of anilines is 2. The van der Waals surface area contributed by atoms with Crippen molar-refractivity contribution in [1.82, 2.24) is 15.2 Å². The monoisotopic (exact) mass is 513 g/mol. The van der Waals surface area contributed by atoms with Crippen molar-refractivity contribution in [2.75, 3.05) is 17.2 Å². The third-order valence-electron chi connectivity index (χ3n) is 4.96. The quantitative estimate of drug-likeness (QED) is 0.270. The molecule has 0 radical (unpaired) electrons. The Balaban J connectivity index is 1.40. The summed E-state index contributed by atoms with van der Waals surface area (Å²) in [5.74, 6) is 0.595. The van der Waals surface area contributed by atoms with Gasteiger partial charge in [0.15, 0.2) is 5.69 Å². The van der Waals surface area contributed by atoms with Crippen LogP contribution in [0.1, 0.15) is 29.9 Å². The molecular weight excluding hydrogens is 491 g/mol. The first-order chi connectivity index (χ1) is 17.6. The van der Waals surface area contributed by atoms with Gasteiger partial charge in [-0.05, 0) is 54.4 Å². The predicted molar refractivity (Wildman–Crippen MR) is 130 cm³/mol. The van der Waals surface area contributed by atoms with Gasteiger partial charge >= 0.3 is 12.3 Å². The number of amides is 2. The van der Waals surface area contributed by atoms with E-state index in [1.165, 1.54) is 18.3 Å². The maximum Gasteiger partial charge on any atom is 0.416 e. The van der Waals surface area contributed by atoms with Gasteiger partial charge in [-0.3, -0.25) is 15.2 Å². The number of aromatic amines is 1. The van der Waals surface area contributed by atoms with Crippen molar-refractivity contribution >= 4 is 34.4 Å². The van der Waals surface area contributed by atoms with Gasteiger partial charge in [-0.1, -0.05) is 13.8 Å². The Hall–Kier alpha value is -4.61. The van der Waals surface area contributed by atoms with Gasteiger partial charge in [0.1, 0.15) is 17.3 Å². The molecule has 0 spiro atoms. The molecule has 2 aromatic heterocycles. The lowest BCUT2D eigenvalue weighted by molar-refractivity contribution is -0.137. The lowest BCUT2D eigenvalue weighted by Crippen LogP contribution is -2.17. The number of ether oxygens (including phenoxy) is 2. The normalized spacial score (nSPS) is 11.4. The highest BCUT2D eigenvalue weighted by Gasteiger charge is 2.31. The van der Waals surface area contributed by atoms with Crippen LogP contribution in [0.15, 0.2) is 60.8 Å². The first kappa shape index (κ1) is 25.5. The van der Waals surface area contributed by atoms with Crippen molar-refractivity contribution < 1.29 is 32.2 Å². The van der Waals surface area contributed by atoms with Crippen LogP contribution in [0, 0.1) is 5.92 Å². The smallest absolute Gasteiger partial charge is 0.416 e. The summed E-state index contributed by atoms with van der Waals surface area (Å²) in [6, 6.07) is 12.4. The molecular formula is C25H22F3N5O4. The summed E-state index contributed by atoms with van der Waals surface area (Å²) >= 11 is 0. The largest absolute Gasteiger partial charge is 0.457 e. The summed E-state index contributed by atoms with van der Waals surface area (Å²) in [6.07, 6.45) is -3.71. The number of carbonyl (C=O) groups excluding carboxylic acids is 2. The maximum atomic E-state index is 13.1. The van der Waals surface area contributed by atoms with Gasteiger partial charge in [-0.2, -0.15) is 18.3 Å². The Morgan fingerprint density at radius 3 is 2.46 bits per heavy atom. The highest BCUT2D eigenvalue weighted by molar-refractivity contribution is 6.11. The van der Waals surface area contributed by atoms with E-state index in [-0.39, 0.29) is 29.4 Å². The fourth-order valence-electron chi connectivity index (χ4n) is 3.22. The van der Waals surface area contributed by atoms with Gasteiger partial charge in [0.2, 0.25) is 0 Å². The minimum atomic E-state index is -4.54. The molecule has 0 unspecified atom stereocenters. The molecule has 4 rings (SSSR count). The van der Waals surface area contributed by atoms with Gasteiger partial charge in [0.25, 0.3) is 5.91 Å². The highest BCUT2D eigenvalue weighted by Crippen LogP contribution is 2.32. The lowest BCUT2D eigenvalue weighted by atomic mass is 10.1. The van der Waals surface area contributed by atoms with Gasteiger partial charge < -0.3 is 14.8 Å². The predicted octanol–water partition coefficient (Wildman–Crippen LogP) is 6.23. The second-order valence-corrected chi connectivity index (χ2v) is 8.40. The maximum absolute atomic E-state index is 13.1. The number of nitrogens with zero attached hydrogens (tertiary/aromatic N) is 2. The third-order valence-corrected chi connectivity index (χ3v) is 4.96. The van der Waals surface area contributed by atoms with E-state index in [1.807, 2.05) is 13.8 Å². The van der Waals surface area contributed by atoms with Crippen molar-refractivity contribution in [3.05, 3.63) is 72.1 Å². The number of hydrogen-bond acceptors (Lipinski definition) is 6. The van der Waals surface area contributed by atoms with Crippen LogP contribution >= 0.6 is 0 Å². The van der Waals surface area contributed by atoms with Crippen molar-refractivity contribution in [1.29, 1.82) is 0 Å². The zero-order chi connectivity index (χ0) is 26.6. The first-order valence-electron chi connectivity index (χ1n) is 11.1. The number of alkyl halides is 3. The number of benzene rings is 2. The molecule has 12 heteroatoms. The second-order valence-electron chi connectivity index (χ2n) is 8.40. The Kier molecular flexibility index (Phi) is 7.27. The molecule has 0 aliphatic rings. The number of rotatable bonds is 7. The highest BCUT2D eigenvalue weighted by atomic mass is 19.4. The molecule has 9 nitrogen and oxygen atoms in total. The number of H-pyrrole nitrogens is 1. The Labute approximate surface area is 209 Å². The Bertz CT molecular complexity index is 1420. The minimum Gasteiger partial charge on any atom is -0.457 e. The van der Waals surface area contributed by atoms with E-state index < -0.39 is 23.7 Å². The molecule has 0 aliphatic carbocycles. The fourth-order valence-corrected chi connectivity index (χ4v) is 3.22. The number of hydrogen-bond donors (Lipinski definition) is 3. The van der Waals surface area contributed by atoms with Gasteiger partial charge in [0, 0.05) is 23.3 Å². The van der Waals surface area contributed by atoms with Crippen LogP contribution in [0.25, 0.3) is 10.9 Å². The molecule has 0 aliphatic heterocycles. The molecule has 192 valence electrons. The molecule has 2 heterocycles. The average molecular weight is 513 g/mol. The van der Waals surface area contributed by atoms with E-state index >= 15 is 0 Å². The van der Waals surface area contributed by atoms with E-state index in [9.17, 15) is 22.8 Å². The van der Waals surface area contributed by atoms with Crippen molar-refractivity contribution in [2.45, 2.75) is 20.0 Å². The molecule has 0 bridgehead atoms. The van der Waals surface area contributed by atoms with Crippen LogP contribution in [-0.4, -0.2) is 33.8 Å². The number of aromatic nitrogens is 3. The van der Waals surface area contributed by atoms with E-state index in [4.69, 9.17) is 9.47 Å². The van der Waals surface area contributed by atoms with Crippen LogP contribution in [0.3, 0.4) is 0 Å². The summed E-state index contributed by atoms with van der Waals surface area (Å²) < 4.78 is 50.0. The van der Waals surface area contributed by atoms with E-state index in [2.05, 4.69) is 25.8 Å². The summed E-state index contributed by atoms with van der Waals surface area (Å²) in [5, 5.41) is 11.6. The average Bonchev–Trinajstić information content (AvgIpc) is 3.27. The van der Waals surface area contributed by atoms with Crippen molar-refractivity contribution in [3.63, 3.8) is 0 Å². The summed E-state index contributed by atoms with van der Waals surface area (Å²) in [5.41, 5.74) is -0.351. The van der Waals surface area contributed by atoms with E-state index in [0.29, 0.717) is 22.7 Å². The SMILES string of the molecule is CC(C)COC(=O)Nc1cc(Oc2ccc(NC(=O)c3n[nH]c4ccc(C(F)(F)F)cc34)cc2)ccn1. The molecule has 2 aromatic carbocycles. The topological polar surface area (TPSA) is 118 Å². The summed E-state index contributed by atoms with van der Waals surface area (Å²) in [6.45, 7) is 4.11. The molecule has 0 fully saturated rings. The number of carbonyl (C=O) groups is 2. The molecule has 4 aromatic rings. The summed E-state index contributed by atoms with van der Waals surface area (Å²) in [4.78, 5) is 28.6. The second kappa shape index (κ2) is 10.6. The van der Waals surface area contributed by atoms with Gasteiger partial charge in [-0.25, -0.2) is 9.78 Å². The van der Waals surface area contributed by atoms with Crippen molar-refractivity contribution in [3.8, 4) is 11.5 Å². The van der Waals surface area contributed by atoms with E-state index in [0.717, 1.165) is 12.1 Å². The zero-order valence-corrected chi connectivity index (χ0v) is 19.7. The Morgan fingerprint density at radius 2 is 1.76 bits per heavy atom. The minimum absolute atomic E-state index is 0.0578. The van der Waals surface area contributed by atoms with Crippen LogP contribution in [0.2, 0.25) is 0 Å². The lowest BCUT2D eigenvalue weighted by Gasteiger charge is -2.10. The van der Waals surface area contributed by atoms with Crippen LogP contribution in [0.5, 0.6) is 11.5 Å². The number of pyridine rings is 1. The number of fused-ring (bicyclic) bond motifs is 1. The summed E-state index contributed by atoms with van der Waals surface area (Å²) in [7, 11) is 0. The van der Waals surface area contributed by atoms with Crippen molar-refractivity contribution in [2.24, 2.45) is 5.92 Å². The molecule has 0 saturated carbocycles. The fraction of sp³-hybridized carbons (Fsp3) is 0.200. The molecule has 37 heavy (non-hydrogen) atoms. The van der Waals surface area contributed by atoms with Crippen LogP contribution < -0.4 is 15.4 Å². The zero-order valence-electron chi connectivity index (χ0n) is 19.7. The van der Waals surface area contributed by atoms with Crippen LogP contribution in [-0.2, 0) is 10.9 Å². The molecule has 0 atom stereocenters. The molecule has 3 N–H and O–H groups in total. The Morgan fingerprint density at radius 1 is 1.00 bits per heavy atom. The van der Waals surface area contributed by atoms with Gasteiger partial charge in [-0.15, -0.1) is 0 Å². The standard InChI is InChI=1S/C25H22F3N5O4/c1-14(2)13-36-24(35)31-21-12-18(9-10-29-21)37-17-6-4-16(5-7-17)30-23(34)22-19-11-15(25(26,27)28)3-8-20(19)32-33-22/h3-12,14H,13H2,1-2H3,(H,30,34)(H,32,33)(H,29,31,35). The van der Waals surface area contributed by atoms with E-state index in [1.54, 1.807) is 30.3 Å². The third kappa shape index (κ3) is 6.54. The first-order valence-corrected chi connectivity index (χ1v) is 11.1. The van der Waals surface area contributed by atoms with Gasteiger partial charge in [0.05, 0.1) is 17.7 Å². The molecule has 0 saturated heterocycles. The number of nitrogens with one attached hydrogen (secondary N) is 3. The molecule has 2 amide bonds. The van der Waals surface area contributed by atoms with Crippen LogP contribution in [0.4, 0.5) is 29.5 Å².